The predicted molar refractivity (Wildman–Crippen MR) is 126 cm³/mol. The molecule has 0 fully saturated rings. The molecule has 3 aromatic rings. The summed E-state index contributed by atoms with van der Waals surface area (Å²) in [5.74, 6) is -0.434. The van der Waals surface area contributed by atoms with Crippen LogP contribution >= 0.6 is 22.9 Å². The van der Waals surface area contributed by atoms with Gasteiger partial charge in [0.05, 0.1) is 0 Å². The van der Waals surface area contributed by atoms with Gasteiger partial charge in [-0.2, -0.15) is 0 Å². The minimum atomic E-state index is -0.740. The number of aromatic nitrogens is 2. The Kier molecular flexibility index (Phi) is 7.59. The maximum Gasteiger partial charge on any atom is 0.319 e. The summed E-state index contributed by atoms with van der Waals surface area (Å²) >= 11 is 7.24. The number of rotatable bonds is 7. The Labute approximate surface area is 190 Å². The van der Waals surface area contributed by atoms with Crippen molar-refractivity contribution in [2.75, 3.05) is 10.6 Å². The van der Waals surface area contributed by atoms with Gasteiger partial charge in [0.2, 0.25) is 11.0 Å². The first-order valence-electron chi connectivity index (χ1n) is 9.90. The fourth-order valence-corrected chi connectivity index (χ4v) is 3.79. The first-order chi connectivity index (χ1) is 14.9. The Morgan fingerprint density at radius 2 is 1.84 bits per heavy atom. The van der Waals surface area contributed by atoms with Crippen LogP contribution in [0, 0.1) is 12.8 Å². The summed E-state index contributed by atoms with van der Waals surface area (Å²) in [7, 11) is 0. The van der Waals surface area contributed by atoms with E-state index in [9.17, 15) is 9.59 Å². The van der Waals surface area contributed by atoms with Crippen LogP contribution in [0.25, 0.3) is 10.6 Å². The number of carbonyl (C=O) groups excluding carboxylic acids is 2. The number of hydrogen-bond acceptors (Lipinski definition) is 5. The smallest absolute Gasteiger partial charge is 0.319 e. The standard InChI is InChI=1S/C22H24ClN5O2S/c1-4-14(3)18(25-21(30)24-17-7-5-6-16(23)12-17)19(29)26-22-28-27-20(31-22)15-10-8-13(2)9-11-15/h5-12,14,18H,4H2,1-3H3,(H2,24,25,30)(H,26,28,29). The maximum atomic E-state index is 12.9. The number of halogens is 1. The number of anilines is 2. The van der Waals surface area contributed by atoms with Crippen LogP contribution in [0.5, 0.6) is 0 Å². The fourth-order valence-electron chi connectivity index (χ4n) is 2.85. The lowest BCUT2D eigenvalue weighted by molar-refractivity contribution is -0.119. The molecule has 1 heterocycles. The molecule has 2 aromatic carbocycles. The molecule has 3 rings (SSSR count). The van der Waals surface area contributed by atoms with Gasteiger partial charge in [-0.3, -0.25) is 10.1 Å². The first-order valence-corrected chi connectivity index (χ1v) is 11.1. The van der Waals surface area contributed by atoms with E-state index in [1.807, 2.05) is 45.0 Å². The van der Waals surface area contributed by atoms with Gasteiger partial charge in [-0.25, -0.2) is 4.79 Å². The van der Waals surface area contributed by atoms with Gasteiger partial charge in [-0.15, -0.1) is 10.2 Å². The second kappa shape index (κ2) is 10.4. The average Bonchev–Trinajstić information content (AvgIpc) is 3.20. The number of amides is 3. The molecule has 0 aliphatic rings. The highest BCUT2D eigenvalue weighted by Gasteiger charge is 2.27. The van der Waals surface area contributed by atoms with Crippen molar-refractivity contribution in [2.24, 2.45) is 5.92 Å². The van der Waals surface area contributed by atoms with Gasteiger partial charge >= 0.3 is 6.03 Å². The molecule has 0 spiro atoms. The molecule has 0 radical (unpaired) electrons. The molecule has 31 heavy (non-hydrogen) atoms. The fraction of sp³-hybridized carbons (Fsp3) is 0.273. The Bertz CT molecular complexity index is 1050. The summed E-state index contributed by atoms with van der Waals surface area (Å²) in [5.41, 5.74) is 2.63. The Morgan fingerprint density at radius 1 is 1.10 bits per heavy atom. The number of hydrogen-bond donors (Lipinski definition) is 3. The van der Waals surface area contributed by atoms with Crippen molar-refractivity contribution in [3.63, 3.8) is 0 Å². The second-order valence-electron chi connectivity index (χ2n) is 7.24. The zero-order valence-corrected chi connectivity index (χ0v) is 19.1. The normalized spacial score (nSPS) is 12.6. The number of nitrogens with one attached hydrogen (secondary N) is 3. The zero-order valence-electron chi connectivity index (χ0n) is 17.5. The van der Waals surface area contributed by atoms with Crippen molar-refractivity contribution in [3.05, 3.63) is 59.1 Å². The summed E-state index contributed by atoms with van der Waals surface area (Å²) in [4.78, 5) is 25.4. The van der Waals surface area contributed by atoms with Crippen LogP contribution in [0.1, 0.15) is 25.8 Å². The minimum absolute atomic E-state index is 0.0883. The second-order valence-corrected chi connectivity index (χ2v) is 8.65. The lowest BCUT2D eigenvalue weighted by Crippen LogP contribution is -2.49. The maximum absolute atomic E-state index is 12.9. The number of benzene rings is 2. The third-order valence-electron chi connectivity index (χ3n) is 4.82. The van der Waals surface area contributed by atoms with Gasteiger partial charge in [-0.1, -0.05) is 79.1 Å². The number of nitrogens with zero attached hydrogens (tertiary/aromatic N) is 2. The SMILES string of the molecule is CCC(C)C(NC(=O)Nc1cccc(Cl)c1)C(=O)Nc1nnc(-c2ccc(C)cc2)s1. The summed E-state index contributed by atoms with van der Waals surface area (Å²) in [6.07, 6.45) is 0.709. The molecule has 3 amide bonds. The number of urea groups is 1. The average molecular weight is 458 g/mol. The van der Waals surface area contributed by atoms with E-state index < -0.39 is 12.1 Å². The third-order valence-corrected chi connectivity index (χ3v) is 5.94. The summed E-state index contributed by atoms with van der Waals surface area (Å²) in [6, 6.07) is 13.5. The molecular formula is C22H24ClN5O2S. The van der Waals surface area contributed by atoms with Crippen LogP contribution in [0.4, 0.5) is 15.6 Å². The molecule has 3 N–H and O–H groups in total. The van der Waals surface area contributed by atoms with E-state index in [0.717, 1.165) is 11.1 Å². The summed E-state index contributed by atoms with van der Waals surface area (Å²) in [5, 5.41) is 18.1. The van der Waals surface area contributed by atoms with Crippen molar-refractivity contribution in [1.82, 2.24) is 15.5 Å². The lowest BCUT2D eigenvalue weighted by atomic mass is 9.98. The molecule has 0 saturated heterocycles. The van der Waals surface area contributed by atoms with Gasteiger partial charge < -0.3 is 10.6 Å². The Balaban J connectivity index is 1.67. The quantitative estimate of drug-likeness (QED) is 0.446. The molecule has 0 saturated carbocycles. The van der Waals surface area contributed by atoms with E-state index >= 15 is 0 Å². The van der Waals surface area contributed by atoms with Gasteiger partial charge in [0, 0.05) is 16.3 Å². The van der Waals surface area contributed by atoms with Crippen molar-refractivity contribution in [1.29, 1.82) is 0 Å². The molecular weight excluding hydrogens is 434 g/mol. The summed E-state index contributed by atoms with van der Waals surface area (Å²) < 4.78 is 0. The van der Waals surface area contributed by atoms with Gasteiger partial charge in [0.15, 0.2) is 0 Å². The molecule has 7 nitrogen and oxygen atoms in total. The lowest BCUT2D eigenvalue weighted by Gasteiger charge is -2.23. The van der Waals surface area contributed by atoms with E-state index in [1.54, 1.807) is 24.3 Å². The molecule has 0 aliphatic heterocycles. The highest BCUT2D eigenvalue weighted by molar-refractivity contribution is 7.18. The Hall–Kier alpha value is -2.97. The van der Waals surface area contributed by atoms with Crippen LogP contribution in [-0.2, 0) is 4.79 Å². The van der Waals surface area contributed by atoms with Crippen LogP contribution < -0.4 is 16.0 Å². The van der Waals surface area contributed by atoms with Crippen molar-refractivity contribution in [2.45, 2.75) is 33.2 Å². The largest absolute Gasteiger partial charge is 0.326 e. The van der Waals surface area contributed by atoms with E-state index in [-0.39, 0.29) is 11.8 Å². The molecule has 2 unspecified atom stereocenters. The van der Waals surface area contributed by atoms with E-state index in [2.05, 4.69) is 26.1 Å². The molecule has 162 valence electrons. The Morgan fingerprint density at radius 3 is 2.52 bits per heavy atom. The zero-order chi connectivity index (χ0) is 22.4. The van der Waals surface area contributed by atoms with Gasteiger partial charge in [0.1, 0.15) is 11.0 Å². The molecule has 9 heteroatoms. The predicted octanol–water partition coefficient (Wildman–Crippen LogP) is 5.34. The molecule has 0 bridgehead atoms. The van der Waals surface area contributed by atoms with Crippen molar-refractivity contribution >= 4 is 45.7 Å². The van der Waals surface area contributed by atoms with Crippen LogP contribution in [0.3, 0.4) is 0 Å². The number of aryl methyl sites for hydroxylation is 1. The van der Waals surface area contributed by atoms with E-state index in [1.165, 1.54) is 11.3 Å². The summed E-state index contributed by atoms with van der Waals surface area (Å²) in [6.45, 7) is 5.88. The molecule has 0 aliphatic carbocycles. The first kappa shape index (κ1) is 22.7. The highest BCUT2D eigenvalue weighted by atomic mass is 35.5. The monoisotopic (exact) mass is 457 g/mol. The van der Waals surface area contributed by atoms with Crippen LogP contribution in [-0.4, -0.2) is 28.2 Å². The number of carbonyl (C=O) groups is 2. The topological polar surface area (TPSA) is 96.0 Å². The third kappa shape index (κ3) is 6.26. The van der Waals surface area contributed by atoms with Crippen LogP contribution in [0.2, 0.25) is 5.02 Å². The van der Waals surface area contributed by atoms with Crippen molar-refractivity contribution < 1.29 is 9.59 Å². The molecule has 1 aromatic heterocycles. The highest BCUT2D eigenvalue weighted by Crippen LogP contribution is 2.27. The minimum Gasteiger partial charge on any atom is -0.326 e. The van der Waals surface area contributed by atoms with E-state index in [0.29, 0.717) is 27.3 Å². The van der Waals surface area contributed by atoms with Gasteiger partial charge in [-0.05, 0) is 31.0 Å². The van der Waals surface area contributed by atoms with Gasteiger partial charge in [0.25, 0.3) is 0 Å². The van der Waals surface area contributed by atoms with Crippen LogP contribution in [0.15, 0.2) is 48.5 Å². The molecule has 2 atom stereocenters. The van der Waals surface area contributed by atoms with Crippen molar-refractivity contribution in [3.8, 4) is 10.6 Å². The van der Waals surface area contributed by atoms with E-state index in [4.69, 9.17) is 11.6 Å².